The van der Waals surface area contributed by atoms with E-state index in [1.807, 2.05) is 24.0 Å². The summed E-state index contributed by atoms with van der Waals surface area (Å²) in [5, 5.41) is 4.55. The van der Waals surface area contributed by atoms with Crippen molar-refractivity contribution in [3.05, 3.63) is 54.4 Å². The smallest absolute Gasteiger partial charge is 0.159 e. The molecule has 2 fully saturated rings. The second-order valence-electron chi connectivity index (χ2n) is 7.61. The van der Waals surface area contributed by atoms with Gasteiger partial charge >= 0.3 is 0 Å². The minimum Gasteiger partial charge on any atom is -0.371 e. The first-order valence-electron chi connectivity index (χ1n) is 9.43. The number of rotatable bonds is 3. The summed E-state index contributed by atoms with van der Waals surface area (Å²) in [6.45, 7) is 8.33. The highest BCUT2D eigenvalue weighted by Gasteiger charge is 2.40. The fourth-order valence-electron chi connectivity index (χ4n) is 4.43. The van der Waals surface area contributed by atoms with E-state index in [-0.39, 0.29) is 0 Å². The standard InChI is InChI=1S/C20H23N7/c1-14-7-15(2)27(24-14)20-8-19(22-13-23-20)26-11-16-9-25(10-17(16)12-26)18-3-5-21-6-4-18/h3-8,13,16-17H,9-12H2,1-2H3. The maximum Gasteiger partial charge on any atom is 0.159 e. The largest absolute Gasteiger partial charge is 0.371 e. The van der Waals surface area contributed by atoms with Crippen molar-refractivity contribution in [3.63, 3.8) is 0 Å². The Balaban J connectivity index is 1.32. The van der Waals surface area contributed by atoms with E-state index in [9.17, 15) is 0 Å². The molecule has 2 saturated heterocycles. The third kappa shape index (κ3) is 2.93. The van der Waals surface area contributed by atoms with Crippen LogP contribution in [0.25, 0.3) is 5.82 Å². The summed E-state index contributed by atoms with van der Waals surface area (Å²) in [5.41, 5.74) is 3.36. The number of pyridine rings is 1. The van der Waals surface area contributed by atoms with Gasteiger partial charge in [0.15, 0.2) is 5.82 Å². The number of nitrogens with zero attached hydrogens (tertiary/aromatic N) is 7. The van der Waals surface area contributed by atoms with Crippen molar-refractivity contribution in [3.8, 4) is 5.82 Å². The quantitative estimate of drug-likeness (QED) is 0.713. The Morgan fingerprint density at radius 2 is 1.52 bits per heavy atom. The molecule has 2 aliphatic rings. The Hall–Kier alpha value is -2.96. The molecular formula is C20H23N7. The van der Waals surface area contributed by atoms with Crippen LogP contribution < -0.4 is 9.80 Å². The van der Waals surface area contributed by atoms with Crippen LogP contribution >= 0.6 is 0 Å². The SMILES string of the molecule is Cc1cc(C)n(-c2cc(N3CC4CN(c5ccncc5)CC4C3)ncn2)n1. The highest BCUT2D eigenvalue weighted by atomic mass is 15.3. The lowest BCUT2D eigenvalue weighted by molar-refractivity contribution is 0.533. The van der Waals surface area contributed by atoms with Crippen LogP contribution in [0.15, 0.2) is 43.0 Å². The zero-order valence-electron chi connectivity index (χ0n) is 15.7. The molecule has 0 aliphatic carbocycles. The van der Waals surface area contributed by atoms with Gasteiger partial charge in [-0.1, -0.05) is 0 Å². The van der Waals surface area contributed by atoms with Gasteiger partial charge in [-0.25, -0.2) is 14.6 Å². The molecular weight excluding hydrogens is 338 g/mol. The molecule has 138 valence electrons. The van der Waals surface area contributed by atoms with E-state index in [0.717, 1.165) is 49.2 Å². The normalized spacial score (nSPS) is 21.7. The second-order valence-corrected chi connectivity index (χ2v) is 7.61. The van der Waals surface area contributed by atoms with Gasteiger partial charge in [0.2, 0.25) is 0 Å². The summed E-state index contributed by atoms with van der Waals surface area (Å²) in [6.07, 6.45) is 5.40. The molecule has 3 aromatic rings. The van der Waals surface area contributed by atoms with E-state index >= 15 is 0 Å². The number of hydrogen-bond donors (Lipinski definition) is 0. The molecule has 0 bridgehead atoms. The summed E-state index contributed by atoms with van der Waals surface area (Å²) in [6, 6.07) is 8.32. The Bertz CT molecular complexity index is 938. The van der Waals surface area contributed by atoms with E-state index in [1.54, 1.807) is 6.33 Å². The van der Waals surface area contributed by atoms with E-state index in [2.05, 4.69) is 61.0 Å². The molecule has 27 heavy (non-hydrogen) atoms. The van der Waals surface area contributed by atoms with E-state index in [4.69, 9.17) is 0 Å². The van der Waals surface area contributed by atoms with E-state index in [0.29, 0.717) is 11.8 Å². The van der Waals surface area contributed by atoms with Gasteiger partial charge in [-0.3, -0.25) is 4.98 Å². The topological polar surface area (TPSA) is 63.0 Å². The molecule has 3 aromatic heterocycles. The molecule has 0 amide bonds. The summed E-state index contributed by atoms with van der Waals surface area (Å²) in [5.74, 6) is 3.18. The van der Waals surface area contributed by atoms with Crippen molar-refractivity contribution in [1.82, 2.24) is 24.7 Å². The van der Waals surface area contributed by atoms with Crippen LogP contribution in [0.4, 0.5) is 11.5 Å². The minimum atomic E-state index is 0.672. The maximum absolute atomic E-state index is 4.55. The molecule has 0 aromatic carbocycles. The van der Waals surface area contributed by atoms with Crippen molar-refractivity contribution >= 4 is 11.5 Å². The van der Waals surface area contributed by atoms with E-state index < -0.39 is 0 Å². The number of aromatic nitrogens is 5. The fourth-order valence-corrected chi connectivity index (χ4v) is 4.43. The predicted octanol–water partition coefficient (Wildman–Crippen LogP) is 2.25. The van der Waals surface area contributed by atoms with Gasteiger partial charge in [0.1, 0.15) is 12.1 Å². The van der Waals surface area contributed by atoms with Crippen LogP contribution in [-0.4, -0.2) is 50.9 Å². The van der Waals surface area contributed by atoms with Gasteiger partial charge in [-0.15, -0.1) is 0 Å². The minimum absolute atomic E-state index is 0.672. The van der Waals surface area contributed by atoms with Crippen LogP contribution in [0.2, 0.25) is 0 Å². The fraction of sp³-hybridized carbons (Fsp3) is 0.400. The third-order valence-electron chi connectivity index (χ3n) is 5.70. The Kier molecular flexibility index (Phi) is 3.81. The Labute approximate surface area is 158 Å². The molecule has 2 atom stereocenters. The highest BCUT2D eigenvalue weighted by molar-refractivity contribution is 5.49. The van der Waals surface area contributed by atoms with Gasteiger partial charge in [-0.2, -0.15) is 5.10 Å². The summed E-state index contributed by atoms with van der Waals surface area (Å²) < 4.78 is 1.89. The van der Waals surface area contributed by atoms with Crippen LogP contribution in [0.5, 0.6) is 0 Å². The van der Waals surface area contributed by atoms with Crippen LogP contribution in [0, 0.1) is 25.7 Å². The first-order valence-corrected chi connectivity index (χ1v) is 9.43. The first kappa shape index (κ1) is 16.2. The number of hydrogen-bond acceptors (Lipinski definition) is 6. The van der Waals surface area contributed by atoms with Gasteiger partial charge in [0.25, 0.3) is 0 Å². The molecule has 0 spiro atoms. The van der Waals surface area contributed by atoms with Crippen molar-refractivity contribution in [1.29, 1.82) is 0 Å². The van der Waals surface area contributed by atoms with Crippen molar-refractivity contribution in [2.45, 2.75) is 13.8 Å². The third-order valence-corrected chi connectivity index (χ3v) is 5.70. The lowest BCUT2D eigenvalue weighted by atomic mass is 10.0. The first-order chi connectivity index (χ1) is 13.2. The molecule has 2 unspecified atom stereocenters. The molecule has 0 radical (unpaired) electrons. The second kappa shape index (κ2) is 6.33. The summed E-state index contributed by atoms with van der Waals surface area (Å²) in [7, 11) is 0. The lowest BCUT2D eigenvalue weighted by Gasteiger charge is -2.23. The van der Waals surface area contributed by atoms with Crippen molar-refractivity contribution in [2.24, 2.45) is 11.8 Å². The van der Waals surface area contributed by atoms with E-state index in [1.165, 1.54) is 5.69 Å². The van der Waals surface area contributed by atoms with Crippen LogP contribution in [0.1, 0.15) is 11.4 Å². The molecule has 2 aliphatic heterocycles. The molecule has 7 nitrogen and oxygen atoms in total. The number of anilines is 2. The molecule has 0 saturated carbocycles. The Morgan fingerprint density at radius 3 is 2.19 bits per heavy atom. The van der Waals surface area contributed by atoms with Crippen LogP contribution in [0.3, 0.4) is 0 Å². The number of fused-ring (bicyclic) bond motifs is 1. The van der Waals surface area contributed by atoms with Gasteiger partial charge < -0.3 is 9.80 Å². The lowest BCUT2D eigenvalue weighted by Crippen LogP contribution is -2.29. The monoisotopic (exact) mass is 361 g/mol. The van der Waals surface area contributed by atoms with Crippen LogP contribution in [-0.2, 0) is 0 Å². The number of aryl methyl sites for hydroxylation is 2. The van der Waals surface area contributed by atoms with Gasteiger partial charge in [0, 0.05) is 67.9 Å². The average molecular weight is 361 g/mol. The summed E-state index contributed by atoms with van der Waals surface area (Å²) >= 11 is 0. The van der Waals surface area contributed by atoms with Crippen molar-refractivity contribution in [2.75, 3.05) is 36.0 Å². The molecule has 7 heteroatoms. The Morgan fingerprint density at radius 1 is 0.852 bits per heavy atom. The zero-order chi connectivity index (χ0) is 18.4. The molecule has 5 rings (SSSR count). The molecule has 0 N–H and O–H groups in total. The van der Waals surface area contributed by atoms with Gasteiger partial charge in [-0.05, 0) is 32.0 Å². The zero-order valence-corrected chi connectivity index (χ0v) is 15.7. The summed E-state index contributed by atoms with van der Waals surface area (Å²) in [4.78, 5) is 18.0. The molecule has 5 heterocycles. The highest BCUT2D eigenvalue weighted by Crippen LogP contribution is 2.35. The predicted molar refractivity (Wildman–Crippen MR) is 104 cm³/mol. The average Bonchev–Trinajstić information content (AvgIpc) is 3.35. The maximum atomic E-state index is 4.55. The van der Waals surface area contributed by atoms with Gasteiger partial charge in [0.05, 0.1) is 5.69 Å². The van der Waals surface area contributed by atoms with Crippen molar-refractivity contribution < 1.29 is 0 Å².